The van der Waals surface area contributed by atoms with Gasteiger partial charge in [0.15, 0.2) is 18.2 Å². The van der Waals surface area contributed by atoms with E-state index < -0.39 is 6.10 Å². The van der Waals surface area contributed by atoms with Gasteiger partial charge in [0.25, 0.3) is 0 Å². The van der Waals surface area contributed by atoms with Gasteiger partial charge in [-0.1, -0.05) is 25.5 Å². The molecule has 0 radical (unpaired) electrons. The summed E-state index contributed by atoms with van der Waals surface area (Å²) in [6, 6.07) is 6.98. The Morgan fingerprint density at radius 1 is 1.44 bits per heavy atom. The molecule has 0 N–H and O–H groups in total. The topological polar surface area (TPSA) is 43.4 Å². The number of aldehydes is 1. The van der Waals surface area contributed by atoms with Crippen LogP contribution in [0.4, 0.5) is 0 Å². The van der Waals surface area contributed by atoms with Crippen molar-refractivity contribution in [3.05, 3.63) is 29.8 Å². The van der Waals surface area contributed by atoms with Gasteiger partial charge in [-0.25, -0.2) is 0 Å². The molecule has 1 rings (SSSR count). The number of ketones is 1. The molecule has 0 spiro atoms. The first-order chi connectivity index (χ1) is 7.69. The van der Waals surface area contributed by atoms with Crippen LogP contribution in [-0.2, 0) is 4.79 Å². The maximum atomic E-state index is 11.3. The number of benzene rings is 1. The highest BCUT2D eigenvalue weighted by Gasteiger charge is 2.12. The Balaban J connectivity index is 2.86. The fraction of sp³-hybridized carbons (Fsp3) is 0.385. The van der Waals surface area contributed by atoms with E-state index in [0.717, 1.165) is 12.7 Å². The van der Waals surface area contributed by atoms with Crippen molar-refractivity contribution in [2.24, 2.45) is 0 Å². The number of hydrogen-bond acceptors (Lipinski definition) is 3. The molecule has 0 amide bonds. The van der Waals surface area contributed by atoms with Crippen molar-refractivity contribution >= 4 is 12.1 Å². The smallest absolute Gasteiger partial charge is 0.163 e. The minimum atomic E-state index is -0.467. The third-order valence-corrected chi connectivity index (χ3v) is 2.27. The zero-order valence-electron chi connectivity index (χ0n) is 9.60. The predicted octanol–water partition coefficient (Wildman–Crippen LogP) is 2.64. The summed E-state index contributed by atoms with van der Waals surface area (Å²) in [5.74, 6) is 0.428. The highest BCUT2D eigenvalue weighted by atomic mass is 16.5. The molecule has 0 aliphatic rings. The lowest BCUT2D eigenvalue weighted by molar-refractivity contribution is -0.114. The van der Waals surface area contributed by atoms with E-state index >= 15 is 0 Å². The normalized spacial score (nSPS) is 11.9. The summed E-state index contributed by atoms with van der Waals surface area (Å²) in [7, 11) is 0. The second-order valence-corrected chi connectivity index (χ2v) is 3.63. The van der Waals surface area contributed by atoms with E-state index in [1.807, 2.05) is 6.92 Å². The first-order valence-electron chi connectivity index (χ1n) is 5.41. The van der Waals surface area contributed by atoms with E-state index in [4.69, 9.17) is 4.74 Å². The summed E-state index contributed by atoms with van der Waals surface area (Å²) in [4.78, 5) is 22.1. The van der Waals surface area contributed by atoms with Gasteiger partial charge in [-0.3, -0.25) is 9.59 Å². The Morgan fingerprint density at radius 2 is 2.12 bits per heavy atom. The molecule has 0 fully saturated rings. The van der Waals surface area contributed by atoms with E-state index in [1.165, 1.54) is 6.92 Å². The van der Waals surface area contributed by atoms with Crippen LogP contribution in [0.2, 0.25) is 0 Å². The van der Waals surface area contributed by atoms with Crippen LogP contribution in [0.3, 0.4) is 0 Å². The van der Waals surface area contributed by atoms with Crippen molar-refractivity contribution in [2.45, 2.75) is 32.8 Å². The molecule has 1 aromatic carbocycles. The molecule has 16 heavy (non-hydrogen) atoms. The van der Waals surface area contributed by atoms with E-state index in [9.17, 15) is 9.59 Å². The summed E-state index contributed by atoms with van der Waals surface area (Å²) in [6.07, 6.45) is 1.84. The number of hydrogen-bond donors (Lipinski definition) is 0. The van der Waals surface area contributed by atoms with Crippen molar-refractivity contribution in [3.63, 3.8) is 0 Å². The minimum Gasteiger partial charge on any atom is -0.482 e. The molecule has 3 nitrogen and oxygen atoms in total. The molecule has 1 atom stereocenters. The standard InChI is InChI=1S/C13H16O3/c1-3-6-11(9-14)16-13-8-5-4-7-12(13)10(2)15/h4-5,7-9,11H,3,6H2,1-2H3. The van der Waals surface area contributed by atoms with Crippen molar-refractivity contribution in [2.75, 3.05) is 0 Å². The van der Waals surface area contributed by atoms with E-state index in [-0.39, 0.29) is 5.78 Å². The lowest BCUT2D eigenvalue weighted by atomic mass is 10.1. The Bertz CT molecular complexity index is 371. The van der Waals surface area contributed by atoms with Gasteiger partial charge in [0, 0.05) is 0 Å². The highest BCUT2D eigenvalue weighted by molar-refractivity contribution is 5.96. The molecule has 0 bridgehead atoms. The molecule has 0 aliphatic carbocycles. The molecular weight excluding hydrogens is 204 g/mol. The van der Waals surface area contributed by atoms with Gasteiger partial charge in [0.1, 0.15) is 5.75 Å². The molecule has 3 heteroatoms. The fourth-order valence-corrected chi connectivity index (χ4v) is 1.46. The third-order valence-electron chi connectivity index (χ3n) is 2.27. The van der Waals surface area contributed by atoms with E-state index in [2.05, 4.69) is 0 Å². The molecule has 0 aliphatic heterocycles. The summed E-state index contributed by atoms with van der Waals surface area (Å²) in [5.41, 5.74) is 0.519. The van der Waals surface area contributed by atoms with Crippen LogP contribution in [0.1, 0.15) is 37.0 Å². The van der Waals surface area contributed by atoms with Gasteiger partial charge < -0.3 is 4.74 Å². The van der Waals surface area contributed by atoms with Gasteiger partial charge in [0.05, 0.1) is 5.56 Å². The molecule has 0 heterocycles. The number of rotatable bonds is 6. The van der Waals surface area contributed by atoms with Crippen molar-refractivity contribution < 1.29 is 14.3 Å². The lowest BCUT2D eigenvalue weighted by Gasteiger charge is -2.14. The summed E-state index contributed by atoms with van der Waals surface area (Å²) in [5, 5.41) is 0. The average molecular weight is 220 g/mol. The fourth-order valence-electron chi connectivity index (χ4n) is 1.46. The Labute approximate surface area is 95.4 Å². The van der Waals surface area contributed by atoms with Crippen LogP contribution >= 0.6 is 0 Å². The number of ether oxygens (including phenoxy) is 1. The van der Waals surface area contributed by atoms with Crippen molar-refractivity contribution in [3.8, 4) is 5.75 Å². The van der Waals surface area contributed by atoms with Crippen molar-refractivity contribution in [1.29, 1.82) is 0 Å². The largest absolute Gasteiger partial charge is 0.482 e. The molecule has 0 aromatic heterocycles. The molecule has 0 saturated heterocycles. The average Bonchev–Trinajstić information content (AvgIpc) is 2.29. The van der Waals surface area contributed by atoms with Crippen molar-refractivity contribution in [1.82, 2.24) is 0 Å². The van der Waals surface area contributed by atoms with Gasteiger partial charge in [-0.05, 0) is 25.5 Å². The SMILES string of the molecule is CCCC(C=O)Oc1ccccc1C(C)=O. The van der Waals surface area contributed by atoms with E-state index in [0.29, 0.717) is 17.7 Å². The first-order valence-corrected chi connectivity index (χ1v) is 5.41. The van der Waals surface area contributed by atoms with Crippen LogP contribution in [0, 0.1) is 0 Å². The summed E-state index contributed by atoms with van der Waals surface area (Å²) in [6.45, 7) is 3.47. The Morgan fingerprint density at radius 3 is 2.69 bits per heavy atom. The minimum absolute atomic E-state index is 0.0586. The second-order valence-electron chi connectivity index (χ2n) is 3.63. The second kappa shape index (κ2) is 6.05. The predicted molar refractivity (Wildman–Crippen MR) is 61.8 cm³/mol. The maximum Gasteiger partial charge on any atom is 0.163 e. The maximum absolute atomic E-state index is 11.3. The third kappa shape index (κ3) is 3.19. The lowest BCUT2D eigenvalue weighted by Crippen LogP contribution is -2.18. The number of carbonyl (C=O) groups excluding carboxylic acids is 2. The van der Waals surface area contributed by atoms with Crippen LogP contribution in [-0.4, -0.2) is 18.2 Å². The van der Waals surface area contributed by atoms with Crippen LogP contribution in [0.5, 0.6) is 5.75 Å². The quantitative estimate of drug-likeness (QED) is 0.546. The van der Waals surface area contributed by atoms with Crippen LogP contribution in [0.15, 0.2) is 24.3 Å². The number of Topliss-reactive ketones (excluding diaryl/α,β-unsaturated/α-hetero) is 1. The van der Waals surface area contributed by atoms with Gasteiger partial charge >= 0.3 is 0 Å². The molecular formula is C13H16O3. The molecule has 1 unspecified atom stereocenters. The first kappa shape index (κ1) is 12.4. The zero-order chi connectivity index (χ0) is 12.0. The van der Waals surface area contributed by atoms with Gasteiger partial charge in [0.2, 0.25) is 0 Å². The molecule has 1 aromatic rings. The number of para-hydroxylation sites is 1. The van der Waals surface area contributed by atoms with Gasteiger partial charge in [-0.15, -0.1) is 0 Å². The molecule has 86 valence electrons. The Kier molecular flexibility index (Phi) is 4.70. The highest BCUT2D eigenvalue weighted by Crippen LogP contribution is 2.20. The number of carbonyl (C=O) groups is 2. The van der Waals surface area contributed by atoms with Crippen LogP contribution in [0.25, 0.3) is 0 Å². The summed E-state index contributed by atoms with van der Waals surface area (Å²) >= 11 is 0. The van der Waals surface area contributed by atoms with Gasteiger partial charge in [-0.2, -0.15) is 0 Å². The van der Waals surface area contributed by atoms with E-state index in [1.54, 1.807) is 24.3 Å². The van der Waals surface area contributed by atoms with Crippen LogP contribution < -0.4 is 4.74 Å². The monoisotopic (exact) mass is 220 g/mol. The molecule has 0 saturated carbocycles. The Hall–Kier alpha value is -1.64. The zero-order valence-corrected chi connectivity index (χ0v) is 9.60. The summed E-state index contributed by atoms with van der Waals surface area (Å²) < 4.78 is 5.51.